The molecule has 0 spiro atoms. The number of aliphatic hydroxyl groups is 1. The van der Waals surface area contributed by atoms with Gasteiger partial charge in [0, 0.05) is 0 Å². The normalized spacial score (nSPS) is 12.2. The van der Waals surface area contributed by atoms with Gasteiger partial charge in [-0.3, -0.25) is 0 Å². The summed E-state index contributed by atoms with van der Waals surface area (Å²) in [6, 6.07) is 5.56. The average Bonchev–Trinajstić information content (AvgIpc) is 2.38. The Balaban J connectivity index is 2.70. The molecule has 1 N–H and O–H groups in total. The molecule has 1 aromatic carbocycles. The van der Waals surface area contributed by atoms with Gasteiger partial charge in [-0.2, -0.15) is 0 Å². The van der Waals surface area contributed by atoms with Crippen molar-refractivity contribution in [2.45, 2.75) is 38.7 Å². The van der Waals surface area contributed by atoms with Crippen LogP contribution in [-0.2, 0) is 0 Å². The van der Waals surface area contributed by atoms with Gasteiger partial charge in [0.25, 0.3) is 0 Å². The Labute approximate surface area is 103 Å². The van der Waals surface area contributed by atoms with Crippen LogP contribution in [0.2, 0.25) is 0 Å². The Bertz CT molecular complexity index is 336. The summed E-state index contributed by atoms with van der Waals surface area (Å²) >= 11 is 0. The predicted octanol–water partition coefficient (Wildman–Crippen LogP) is 3.32. The fraction of sp³-hybridized carbons (Fsp3) is 0.571. The Morgan fingerprint density at radius 2 is 1.82 bits per heavy atom. The molecule has 3 nitrogen and oxygen atoms in total. The van der Waals surface area contributed by atoms with Crippen molar-refractivity contribution in [2.75, 3.05) is 14.2 Å². The lowest BCUT2D eigenvalue weighted by Crippen LogP contribution is -1.99. The van der Waals surface area contributed by atoms with E-state index in [1.807, 2.05) is 18.2 Å². The van der Waals surface area contributed by atoms with E-state index in [1.54, 1.807) is 14.2 Å². The summed E-state index contributed by atoms with van der Waals surface area (Å²) in [6.45, 7) is 2.16. The number of unbranched alkanes of at least 4 members (excludes halogenated alkanes) is 2. The largest absolute Gasteiger partial charge is 0.493 e. The van der Waals surface area contributed by atoms with Crippen molar-refractivity contribution in [3.05, 3.63) is 23.8 Å². The molecule has 17 heavy (non-hydrogen) atoms. The maximum absolute atomic E-state index is 10.0. The molecule has 1 rings (SSSR count). The van der Waals surface area contributed by atoms with Gasteiger partial charge in [0.15, 0.2) is 11.5 Å². The molecule has 0 saturated carbocycles. The third kappa shape index (κ3) is 3.93. The van der Waals surface area contributed by atoms with Gasteiger partial charge in [0.2, 0.25) is 0 Å². The number of benzene rings is 1. The Hall–Kier alpha value is -1.22. The maximum atomic E-state index is 10.0. The second kappa shape index (κ2) is 7.17. The fourth-order valence-electron chi connectivity index (χ4n) is 1.81. The first kappa shape index (κ1) is 13.8. The summed E-state index contributed by atoms with van der Waals surface area (Å²) in [7, 11) is 3.21. The molecule has 0 aliphatic heterocycles. The van der Waals surface area contributed by atoms with Crippen LogP contribution < -0.4 is 9.47 Å². The van der Waals surface area contributed by atoms with E-state index in [0.29, 0.717) is 11.5 Å². The molecule has 1 unspecified atom stereocenters. The zero-order valence-corrected chi connectivity index (χ0v) is 10.9. The summed E-state index contributed by atoms with van der Waals surface area (Å²) < 4.78 is 10.4. The molecule has 0 aliphatic rings. The molecule has 0 heterocycles. The SMILES string of the molecule is CCCCCC(O)c1ccc(OC)c(OC)c1. The Morgan fingerprint density at radius 3 is 2.41 bits per heavy atom. The number of hydrogen-bond acceptors (Lipinski definition) is 3. The van der Waals surface area contributed by atoms with Gasteiger partial charge in [-0.1, -0.05) is 32.3 Å². The van der Waals surface area contributed by atoms with Gasteiger partial charge in [0.05, 0.1) is 20.3 Å². The molecule has 3 heteroatoms. The van der Waals surface area contributed by atoms with Crippen LogP contribution >= 0.6 is 0 Å². The van der Waals surface area contributed by atoms with Crippen molar-refractivity contribution in [2.24, 2.45) is 0 Å². The van der Waals surface area contributed by atoms with Crippen molar-refractivity contribution in [1.29, 1.82) is 0 Å². The van der Waals surface area contributed by atoms with E-state index in [-0.39, 0.29) is 0 Å². The number of methoxy groups -OCH3 is 2. The molecular formula is C14H22O3. The van der Waals surface area contributed by atoms with Gasteiger partial charge in [-0.25, -0.2) is 0 Å². The van der Waals surface area contributed by atoms with Crippen LogP contribution in [0, 0.1) is 0 Å². The molecule has 96 valence electrons. The van der Waals surface area contributed by atoms with E-state index in [0.717, 1.165) is 24.8 Å². The fourth-order valence-corrected chi connectivity index (χ4v) is 1.81. The number of aliphatic hydroxyl groups excluding tert-OH is 1. The van der Waals surface area contributed by atoms with E-state index in [2.05, 4.69) is 6.92 Å². The van der Waals surface area contributed by atoms with Crippen LogP contribution in [0.1, 0.15) is 44.3 Å². The van der Waals surface area contributed by atoms with E-state index >= 15 is 0 Å². The molecule has 0 saturated heterocycles. The topological polar surface area (TPSA) is 38.7 Å². The molecule has 1 atom stereocenters. The molecule has 0 aliphatic carbocycles. The highest BCUT2D eigenvalue weighted by molar-refractivity contribution is 5.43. The second-order valence-corrected chi connectivity index (χ2v) is 4.13. The van der Waals surface area contributed by atoms with Crippen LogP contribution in [0.15, 0.2) is 18.2 Å². The van der Waals surface area contributed by atoms with Gasteiger partial charge in [-0.15, -0.1) is 0 Å². The van der Waals surface area contributed by atoms with Gasteiger partial charge < -0.3 is 14.6 Å². The zero-order valence-electron chi connectivity index (χ0n) is 10.9. The van der Waals surface area contributed by atoms with Crippen molar-refractivity contribution < 1.29 is 14.6 Å². The summed E-state index contributed by atoms with van der Waals surface area (Å²) in [5.41, 5.74) is 0.888. The molecular weight excluding hydrogens is 216 g/mol. The first-order chi connectivity index (χ1) is 8.22. The highest BCUT2D eigenvalue weighted by atomic mass is 16.5. The Morgan fingerprint density at radius 1 is 1.12 bits per heavy atom. The summed E-state index contributed by atoms with van der Waals surface area (Å²) in [6.07, 6.45) is 3.75. The Kier molecular flexibility index (Phi) is 5.84. The van der Waals surface area contributed by atoms with E-state index in [4.69, 9.17) is 9.47 Å². The van der Waals surface area contributed by atoms with E-state index < -0.39 is 6.10 Å². The monoisotopic (exact) mass is 238 g/mol. The quantitative estimate of drug-likeness (QED) is 0.741. The van der Waals surface area contributed by atoms with Crippen molar-refractivity contribution in [3.63, 3.8) is 0 Å². The lowest BCUT2D eigenvalue weighted by Gasteiger charge is -2.14. The third-order valence-corrected chi connectivity index (χ3v) is 2.87. The number of ether oxygens (including phenoxy) is 2. The summed E-state index contributed by atoms with van der Waals surface area (Å²) in [5, 5.41) is 10.0. The first-order valence-electron chi connectivity index (χ1n) is 6.13. The lowest BCUT2D eigenvalue weighted by molar-refractivity contribution is 0.163. The van der Waals surface area contributed by atoms with Crippen LogP contribution in [0.3, 0.4) is 0 Å². The second-order valence-electron chi connectivity index (χ2n) is 4.13. The van der Waals surface area contributed by atoms with Crippen LogP contribution in [-0.4, -0.2) is 19.3 Å². The first-order valence-corrected chi connectivity index (χ1v) is 6.13. The van der Waals surface area contributed by atoms with Gasteiger partial charge in [0.1, 0.15) is 0 Å². The summed E-state index contributed by atoms with van der Waals surface area (Å²) in [5.74, 6) is 1.36. The molecule has 0 radical (unpaired) electrons. The minimum absolute atomic E-state index is 0.415. The zero-order chi connectivity index (χ0) is 12.7. The van der Waals surface area contributed by atoms with Gasteiger partial charge >= 0.3 is 0 Å². The van der Waals surface area contributed by atoms with Crippen molar-refractivity contribution in [3.8, 4) is 11.5 Å². The number of rotatable bonds is 7. The van der Waals surface area contributed by atoms with Crippen molar-refractivity contribution >= 4 is 0 Å². The van der Waals surface area contributed by atoms with E-state index in [9.17, 15) is 5.11 Å². The lowest BCUT2D eigenvalue weighted by atomic mass is 10.0. The molecule has 0 fully saturated rings. The van der Waals surface area contributed by atoms with Crippen molar-refractivity contribution in [1.82, 2.24) is 0 Å². The third-order valence-electron chi connectivity index (χ3n) is 2.87. The van der Waals surface area contributed by atoms with Crippen LogP contribution in [0.25, 0.3) is 0 Å². The molecule has 0 amide bonds. The molecule has 1 aromatic rings. The summed E-state index contributed by atoms with van der Waals surface area (Å²) in [4.78, 5) is 0. The molecule has 0 aromatic heterocycles. The number of hydrogen-bond donors (Lipinski definition) is 1. The smallest absolute Gasteiger partial charge is 0.161 e. The highest BCUT2D eigenvalue weighted by Gasteiger charge is 2.11. The predicted molar refractivity (Wildman–Crippen MR) is 68.6 cm³/mol. The average molecular weight is 238 g/mol. The van der Waals surface area contributed by atoms with Gasteiger partial charge in [-0.05, 0) is 24.1 Å². The maximum Gasteiger partial charge on any atom is 0.161 e. The van der Waals surface area contributed by atoms with E-state index in [1.165, 1.54) is 6.42 Å². The minimum atomic E-state index is -0.415. The van der Waals surface area contributed by atoms with Crippen LogP contribution in [0.4, 0.5) is 0 Å². The van der Waals surface area contributed by atoms with Crippen LogP contribution in [0.5, 0.6) is 11.5 Å². The highest BCUT2D eigenvalue weighted by Crippen LogP contribution is 2.31. The standard InChI is InChI=1S/C14H22O3/c1-4-5-6-7-12(15)11-8-9-13(16-2)14(10-11)17-3/h8-10,12,15H,4-7H2,1-3H3. The minimum Gasteiger partial charge on any atom is -0.493 e. The molecule has 0 bridgehead atoms.